The van der Waals surface area contributed by atoms with E-state index < -0.39 is 0 Å². The van der Waals surface area contributed by atoms with Crippen molar-refractivity contribution in [3.8, 4) is 0 Å². The second-order valence-electron chi connectivity index (χ2n) is 2.50. The molecule has 0 fully saturated rings. The van der Waals surface area contributed by atoms with E-state index in [9.17, 15) is 0 Å². The lowest BCUT2D eigenvalue weighted by molar-refractivity contribution is 1.23. The molecule has 16 heavy (non-hydrogen) atoms. The van der Waals surface area contributed by atoms with Crippen molar-refractivity contribution in [2.75, 3.05) is 0 Å². The summed E-state index contributed by atoms with van der Waals surface area (Å²) >= 11 is 0. The summed E-state index contributed by atoms with van der Waals surface area (Å²) in [5.41, 5.74) is 0. The van der Waals surface area contributed by atoms with Gasteiger partial charge >= 0.3 is 0 Å². The van der Waals surface area contributed by atoms with Gasteiger partial charge in [0.1, 0.15) is 0 Å². The molecule has 94 valence electrons. The third-order valence-electron chi connectivity index (χ3n) is 1.12. The van der Waals surface area contributed by atoms with E-state index in [0.717, 1.165) is 6.42 Å². The van der Waals surface area contributed by atoms with Gasteiger partial charge in [-0.2, -0.15) is 0 Å². The van der Waals surface area contributed by atoms with Gasteiger partial charge in [0.25, 0.3) is 0 Å². The molecule has 0 rings (SSSR count). The fourth-order valence-corrected chi connectivity index (χ4v) is 0. The first kappa shape index (κ1) is 24.1. The number of rotatable bonds is 2. The molecule has 0 spiro atoms. The molecule has 0 aliphatic heterocycles. The Morgan fingerprint density at radius 1 is 0.688 bits per heavy atom. The van der Waals surface area contributed by atoms with Crippen LogP contribution in [0.15, 0.2) is 62.3 Å². The molecule has 0 saturated heterocycles. The first-order chi connectivity index (χ1) is 7.66. The molecule has 0 aromatic heterocycles. The van der Waals surface area contributed by atoms with Gasteiger partial charge in [0.2, 0.25) is 0 Å². The highest BCUT2D eigenvalue weighted by molar-refractivity contribution is 4.88. The van der Waals surface area contributed by atoms with Crippen LogP contribution in [0.3, 0.4) is 0 Å². The van der Waals surface area contributed by atoms with Crippen LogP contribution in [0.1, 0.15) is 41.0 Å². The molecule has 0 nitrogen and oxygen atoms in total. The largest absolute Gasteiger partial charge is 0.103 e. The lowest BCUT2D eigenvalue weighted by Gasteiger charge is -1.57. The Kier molecular flexibility index (Phi) is 74.1. The van der Waals surface area contributed by atoms with E-state index in [1.54, 1.807) is 12.2 Å². The second kappa shape index (κ2) is 49.2. The van der Waals surface area contributed by atoms with Crippen molar-refractivity contribution in [1.29, 1.82) is 0 Å². The lowest BCUT2D eigenvalue weighted by atomic mass is 10.5. The van der Waals surface area contributed by atoms with Crippen LogP contribution in [0.25, 0.3) is 0 Å². The van der Waals surface area contributed by atoms with Crippen LogP contribution >= 0.6 is 0 Å². The van der Waals surface area contributed by atoms with Crippen molar-refractivity contribution in [3.63, 3.8) is 0 Å². The summed E-state index contributed by atoms with van der Waals surface area (Å²) in [5.74, 6) is 0. The molecule has 0 aliphatic rings. The minimum Gasteiger partial charge on any atom is -0.103 e. The van der Waals surface area contributed by atoms with Gasteiger partial charge in [0, 0.05) is 0 Å². The minimum atomic E-state index is 1.08. The van der Waals surface area contributed by atoms with Crippen molar-refractivity contribution < 1.29 is 0 Å². The molecule has 0 aliphatic carbocycles. The van der Waals surface area contributed by atoms with Crippen LogP contribution in [0.5, 0.6) is 0 Å². The Labute approximate surface area is 104 Å². The van der Waals surface area contributed by atoms with Gasteiger partial charge < -0.3 is 0 Å². The van der Waals surface area contributed by atoms with Crippen LogP contribution in [0.2, 0.25) is 0 Å². The molecule has 0 heteroatoms. The summed E-state index contributed by atoms with van der Waals surface area (Å²) < 4.78 is 0. The molecular formula is C16H30. The molecule has 0 aromatic rings. The summed E-state index contributed by atoms with van der Waals surface area (Å²) in [6.07, 6.45) is 14.2. The molecule has 0 heterocycles. The van der Waals surface area contributed by atoms with Crippen LogP contribution in [0.4, 0.5) is 0 Å². The van der Waals surface area contributed by atoms with E-state index in [1.807, 2.05) is 58.1 Å². The average Bonchev–Trinajstić information content (AvgIpc) is 2.39. The molecular weight excluding hydrogens is 192 g/mol. The summed E-state index contributed by atoms with van der Waals surface area (Å²) in [7, 11) is 0. The number of hydrogen-bond acceptors (Lipinski definition) is 0. The van der Waals surface area contributed by atoms with Crippen LogP contribution in [-0.4, -0.2) is 0 Å². The normalized spacial score (nSPS) is 7.56. The first-order valence-corrected chi connectivity index (χ1v) is 5.65. The second-order valence-corrected chi connectivity index (χ2v) is 2.50. The minimum absolute atomic E-state index is 1.08. The third kappa shape index (κ3) is 238. The maximum Gasteiger partial charge on any atom is -0.0382 e. The fraction of sp³-hybridized carbons (Fsp3) is 0.375. The summed E-state index contributed by atoms with van der Waals surface area (Å²) in [5, 5.41) is 0. The van der Waals surface area contributed by atoms with Gasteiger partial charge in [-0.15, -0.1) is 6.58 Å². The Bertz CT molecular complexity index is 135. The summed E-state index contributed by atoms with van der Waals surface area (Å²) in [4.78, 5) is 0. The maximum absolute atomic E-state index is 3.48. The van der Waals surface area contributed by atoms with Crippen LogP contribution in [-0.2, 0) is 0 Å². The highest BCUT2D eigenvalue weighted by Crippen LogP contribution is 1.66. The standard InChI is InChI=1S/3C4H8.C4H6/c4*1-3-4-2/h2*3-4H,1-2H3;3H,1,4H2,2H3;3-4H,1-2H2/b4-3+;4-3-;;. The van der Waals surface area contributed by atoms with Gasteiger partial charge in [0.05, 0.1) is 0 Å². The van der Waals surface area contributed by atoms with E-state index in [-0.39, 0.29) is 0 Å². The van der Waals surface area contributed by atoms with Crippen molar-refractivity contribution in [1.82, 2.24) is 0 Å². The van der Waals surface area contributed by atoms with Gasteiger partial charge in [-0.3, -0.25) is 0 Å². The molecule has 0 saturated carbocycles. The van der Waals surface area contributed by atoms with Gasteiger partial charge in [-0.25, -0.2) is 0 Å². The van der Waals surface area contributed by atoms with Crippen LogP contribution < -0.4 is 0 Å². The number of hydrogen-bond donors (Lipinski definition) is 0. The predicted molar refractivity (Wildman–Crippen MR) is 81.9 cm³/mol. The zero-order chi connectivity index (χ0) is 13.7. The fourth-order valence-electron chi connectivity index (χ4n) is 0. The Morgan fingerprint density at radius 3 is 0.875 bits per heavy atom. The summed E-state index contributed by atoms with van der Waals surface area (Å²) in [6.45, 7) is 20.3. The van der Waals surface area contributed by atoms with Crippen molar-refractivity contribution >= 4 is 0 Å². The molecule has 0 bridgehead atoms. The zero-order valence-electron chi connectivity index (χ0n) is 11.9. The number of allylic oxidation sites excluding steroid dienone is 7. The summed E-state index contributed by atoms with van der Waals surface area (Å²) in [6, 6.07) is 0. The van der Waals surface area contributed by atoms with Crippen molar-refractivity contribution in [2.24, 2.45) is 0 Å². The van der Waals surface area contributed by atoms with Crippen LogP contribution in [0, 0.1) is 0 Å². The Balaban J connectivity index is -0.0000000600. The highest BCUT2D eigenvalue weighted by Gasteiger charge is 1.45. The van der Waals surface area contributed by atoms with Gasteiger partial charge in [-0.1, -0.05) is 62.6 Å². The molecule has 0 N–H and O–H groups in total. The van der Waals surface area contributed by atoms with Gasteiger partial charge in [-0.05, 0) is 34.1 Å². The monoisotopic (exact) mass is 222 g/mol. The molecule has 0 radical (unpaired) electrons. The van der Waals surface area contributed by atoms with E-state index in [1.165, 1.54) is 0 Å². The van der Waals surface area contributed by atoms with E-state index in [4.69, 9.17) is 0 Å². The van der Waals surface area contributed by atoms with E-state index >= 15 is 0 Å². The lowest BCUT2D eigenvalue weighted by Crippen LogP contribution is -1.36. The average molecular weight is 222 g/mol. The predicted octanol–water partition coefficient (Wildman–Crippen LogP) is 6.11. The smallest absolute Gasteiger partial charge is 0.0382 e. The Hall–Kier alpha value is -1.30. The SMILES string of the molecule is C/C=C/C.C/C=C\C.C=CC=C.C=CCC. The molecule has 0 aromatic carbocycles. The highest BCUT2D eigenvalue weighted by atomic mass is 13.5. The van der Waals surface area contributed by atoms with E-state index in [0.29, 0.717) is 0 Å². The zero-order valence-corrected chi connectivity index (χ0v) is 11.9. The molecule has 0 amide bonds. The third-order valence-corrected chi connectivity index (χ3v) is 1.12. The molecule has 0 atom stereocenters. The quantitative estimate of drug-likeness (QED) is 0.391. The topological polar surface area (TPSA) is 0 Å². The maximum atomic E-state index is 3.48. The van der Waals surface area contributed by atoms with Crippen molar-refractivity contribution in [2.45, 2.75) is 41.0 Å². The molecule has 0 unspecified atom stereocenters. The van der Waals surface area contributed by atoms with Crippen molar-refractivity contribution in [3.05, 3.63) is 62.3 Å². The Morgan fingerprint density at radius 2 is 0.875 bits per heavy atom. The van der Waals surface area contributed by atoms with E-state index in [2.05, 4.69) is 26.7 Å². The first-order valence-electron chi connectivity index (χ1n) is 5.65. The van der Waals surface area contributed by atoms with Gasteiger partial charge in [0.15, 0.2) is 0 Å².